The Morgan fingerprint density at radius 3 is 2.69 bits per heavy atom. The smallest absolute Gasteiger partial charge is 0.357 e. The molecule has 1 fully saturated rings. The largest absolute Gasteiger partial charge is 0.461 e. The quantitative estimate of drug-likeness (QED) is 0.531. The number of alkyl halides is 1. The normalized spacial score (nSPS) is 13.9. The van der Waals surface area contributed by atoms with Crippen LogP contribution in [0, 0.1) is 18.3 Å². The number of aromatic nitrogens is 1. The van der Waals surface area contributed by atoms with Crippen LogP contribution in [0.1, 0.15) is 42.4 Å². The van der Waals surface area contributed by atoms with E-state index in [1.807, 2.05) is 49.9 Å². The minimum Gasteiger partial charge on any atom is -0.461 e. The molecule has 1 aromatic heterocycles. The lowest BCUT2D eigenvalue weighted by Crippen LogP contribution is -2.49. The van der Waals surface area contributed by atoms with Gasteiger partial charge in [-0.2, -0.15) is 0 Å². The van der Waals surface area contributed by atoms with Gasteiger partial charge >= 0.3 is 5.97 Å². The second-order valence-electron chi connectivity index (χ2n) is 7.54. The standard InChI is InChI=1S/C22H27FN4O2/c1-5-29-22(28)17-10-18(27-11-15(23)12-27)19(20(24)13(2)3)21(26-17)25-16-8-6-7-14(4)9-16/h6-10,13,15,24H,5,11-12H2,1-4H3,(H,25,26). The van der Waals surface area contributed by atoms with Gasteiger partial charge in [-0.3, -0.25) is 0 Å². The average molecular weight is 398 g/mol. The number of nitrogens with zero attached hydrogens (tertiary/aromatic N) is 2. The van der Waals surface area contributed by atoms with Gasteiger partial charge in [-0.1, -0.05) is 26.0 Å². The zero-order valence-electron chi connectivity index (χ0n) is 17.3. The molecule has 2 N–H and O–H groups in total. The number of rotatable bonds is 7. The van der Waals surface area contributed by atoms with Crippen LogP contribution >= 0.6 is 0 Å². The van der Waals surface area contributed by atoms with Crippen LogP contribution in [0.15, 0.2) is 30.3 Å². The predicted molar refractivity (Wildman–Crippen MR) is 113 cm³/mol. The summed E-state index contributed by atoms with van der Waals surface area (Å²) < 4.78 is 18.7. The number of benzene rings is 1. The van der Waals surface area contributed by atoms with Crippen molar-refractivity contribution in [1.29, 1.82) is 5.41 Å². The van der Waals surface area contributed by atoms with E-state index in [2.05, 4.69) is 10.3 Å². The minimum absolute atomic E-state index is 0.0653. The number of aryl methyl sites for hydroxylation is 1. The van der Waals surface area contributed by atoms with Crippen molar-refractivity contribution < 1.29 is 13.9 Å². The molecule has 0 radical (unpaired) electrons. The van der Waals surface area contributed by atoms with Crippen molar-refractivity contribution in [1.82, 2.24) is 4.98 Å². The average Bonchev–Trinajstić information content (AvgIpc) is 2.64. The van der Waals surface area contributed by atoms with Gasteiger partial charge < -0.3 is 20.4 Å². The lowest BCUT2D eigenvalue weighted by Gasteiger charge is -2.38. The summed E-state index contributed by atoms with van der Waals surface area (Å²) in [6.07, 6.45) is -0.913. The number of ether oxygens (including phenoxy) is 1. The molecule has 7 heteroatoms. The fourth-order valence-electron chi connectivity index (χ4n) is 3.22. The Morgan fingerprint density at radius 1 is 1.38 bits per heavy atom. The van der Waals surface area contributed by atoms with Crippen LogP contribution in [-0.2, 0) is 4.74 Å². The summed E-state index contributed by atoms with van der Waals surface area (Å²) in [5.74, 6) is -0.206. The van der Waals surface area contributed by atoms with E-state index < -0.39 is 12.1 Å². The molecule has 1 aromatic carbocycles. The SMILES string of the molecule is CCOC(=O)c1cc(N2CC(F)C2)c(C(=N)C(C)C)c(Nc2cccc(C)c2)n1. The number of carbonyl (C=O) groups is 1. The number of halogens is 1. The molecule has 3 rings (SSSR count). The van der Waals surface area contributed by atoms with Gasteiger partial charge in [-0.25, -0.2) is 14.2 Å². The van der Waals surface area contributed by atoms with Crippen LogP contribution in [-0.4, -0.2) is 42.5 Å². The van der Waals surface area contributed by atoms with E-state index in [-0.39, 0.29) is 31.3 Å². The lowest BCUT2D eigenvalue weighted by molar-refractivity contribution is 0.0519. The molecule has 0 aliphatic carbocycles. The highest BCUT2D eigenvalue weighted by Crippen LogP contribution is 2.35. The van der Waals surface area contributed by atoms with E-state index in [1.54, 1.807) is 13.0 Å². The maximum absolute atomic E-state index is 13.6. The molecule has 0 unspecified atom stereocenters. The molecule has 0 spiro atoms. The van der Waals surface area contributed by atoms with E-state index >= 15 is 0 Å². The maximum Gasteiger partial charge on any atom is 0.357 e. The molecule has 1 aliphatic rings. The van der Waals surface area contributed by atoms with Crippen molar-refractivity contribution in [3.8, 4) is 0 Å². The van der Waals surface area contributed by atoms with Crippen LogP contribution in [0.4, 0.5) is 21.6 Å². The van der Waals surface area contributed by atoms with E-state index in [9.17, 15) is 9.18 Å². The summed E-state index contributed by atoms with van der Waals surface area (Å²) in [5, 5.41) is 11.9. The molecule has 6 nitrogen and oxygen atoms in total. The second-order valence-corrected chi connectivity index (χ2v) is 7.54. The number of esters is 1. The molecule has 29 heavy (non-hydrogen) atoms. The Labute approximate surface area is 170 Å². The lowest BCUT2D eigenvalue weighted by atomic mass is 9.96. The molecule has 154 valence electrons. The van der Waals surface area contributed by atoms with E-state index in [0.717, 1.165) is 11.3 Å². The number of anilines is 3. The highest BCUT2D eigenvalue weighted by molar-refractivity contribution is 6.09. The first-order valence-electron chi connectivity index (χ1n) is 9.83. The highest BCUT2D eigenvalue weighted by atomic mass is 19.1. The molecule has 0 amide bonds. The summed E-state index contributed by atoms with van der Waals surface area (Å²) in [4.78, 5) is 18.7. The Kier molecular flexibility index (Phi) is 6.15. The van der Waals surface area contributed by atoms with Crippen LogP contribution in [0.25, 0.3) is 0 Å². The number of hydrogen-bond donors (Lipinski definition) is 2. The van der Waals surface area contributed by atoms with Crippen molar-refractivity contribution in [3.05, 3.63) is 47.2 Å². The molecular formula is C22H27FN4O2. The molecule has 2 heterocycles. The zero-order chi connectivity index (χ0) is 21.1. The van der Waals surface area contributed by atoms with Crippen molar-refractivity contribution in [2.24, 2.45) is 5.92 Å². The summed E-state index contributed by atoms with van der Waals surface area (Å²) in [6.45, 7) is 8.26. The van der Waals surface area contributed by atoms with Gasteiger partial charge in [0.05, 0.1) is 30.9 Å². The minimum atomic E-state index is -0.913. The Hall–Kier alpha value is -2.96. The Bertz CT molecular complexity index is 923. The first kappa shape index (κ1) is 20.8. The topological polar surface area (TPSA) is 78.3 Å². The molecule has 1 aliphatic heterocycles. The molecule has 0 saturated carbocycles. The first-order chi connectivity index (χ1) is 13.8. The van der Waals surface area contributed by atoms with Crippen LogP contribution < -0.4 is 10.2 Å². The molecule has 0 atom stereocenters. The van der Waals surface area contributed by atoms with Crippen molar-refractivity contribution in [3.63, 3.8) is 0 Å². The Balaban J connectivity index is 2.15. The van der Waals surface area contributed by atoms with Gasteiger partial charge in [-0.15, -0.1) is 0 Å². The van der Waals surface area contributed by atoms with Gasteiger partial charge in [0.25, 0.3) is 0 Å². The van der Waals surface area contributed by atoms with Gasteiger partial charge in [0.2, 0.25) is 0 Å². The van der Waals surface area contributed by atoms with Crippen molar-refractivity contribution in [2.75, 3.05) is 29.9 Å². The van der Waals surface area contributed by atoms with E-state index in [4.69, 9.17) is 10.1 Å². The summed E-state index contributed by atoms with van der Waals surface area (Å²) in [5.41, 5.74) is 3.60. The second kappa shape index (κ2) is 8.59. The third kappa shape index (κ3) is 4.55. The highest BCUT2D eigenvalue weighted by Gasteiger charge is 2.32. The van der Waals surface area contributed by atoms with Crippen molar-refractivity contribution >= 4 is 28.9 Å². The fraction of sp³-hybridized carbons (Fsp3) is 0.409. The van der Waals surface area contributed by atoms with Gasteiger partial charge in [-0.05, 0) is 43.5 Å². The van der Waals surface area contributed by atoms with E-state index in [1.165, 1.54) is 0 Å². The van der Waals surface area contributed by atoms with Crippen LogP contribution in [0.5, 0.6) is 0 Å². The summed E-state index contributed by atoms with van der Waals surface area (Å²) in [6, 6.07) is 9.37. The molecule has 0 bridgehead atoms. The summed E-state index contributed by atoms with van der Waals surface area (Å²) in [7, 11) is 0. The maximum atomic E-state index is 13.6. The monoisotopic (exact) mass is 398 g/mol. The predicted octanol–water partition coefficient (Wildman–Crippen LogP) is 4.49. The van der Waals surface area contributed by atoms with E-state index in [0.29, 0.717) is 22.8 Å². The molecular weight excluding hydrogens is 371 g/mol. The third-order valence-corrected chi connectivity index (χ3v) is 4.79. The van der Waals surface area contributed by atoms with Gasteiger partial charge in [0.15, 0.2) is 5.69 Å². The van der Waals surface area contributed by atoms with Gasteiger partial charge in [0.1, 0.15) is 12.0 Å². The number of nitrogens with one attached hydrogen (secondary N) is 2. The van der Waals surface area contributed by atoms with Crippen LogP contribution in [0.2, 0.25) is 0 Å². The first-order valence-corrected chi connectivity index (χ1v) is 9.83. The molecule has 1 saturated heterocycles. The van der Waals surface area contributed by atoms with Crippen molar-refractivity contribution in [2.45, 2.75) is 33.9 Å². The summed E-state index contributed by atoms with van der Waals surface area (Å²) >= 11 is 0. The third-order valence-electron chi connectivity index (χ3n) is 4.79. The fourth-order valence-corrected chi connectivity index (χ4v) is 3.22. The molecule has 2 aromatic rings. The number of hydrogen-bond acceptors (Lipinski definition) is 6. The van der Waals surface area contributed by atoms with Crippen LogP contribution in [0.3, 0.4) is 0 Å². The zero-order valence-corrected chi connectivity index (χ0v) is 17.3. The van der Waals surface area contributed by atoms with Gasteiger partial charge in [0, 0.05) is 11.4 Å². The number of carbonyl (C=O) groups excluding carboxylic acids is 1. The Morgan fingerprint density at radius 2 is 2.10 bits per heavy atom. The number of pyridine rings is 1.